The first-order chi connectivity index (χ1) is 10.1. The van der Waals surface area contributed by atoms with Crippen LogP contribution in [0.25, 0.3) is 16.5 Å². The van der Waals surface area contributed by atoms with Gasteiger partial charge in [0, 0.05) is 11.5 Å². The van der Waals surface area contributed by atoms with Gasteiger partial charge in [-0.1, -0.05) is 18.2 Å². The van der Waals surface area contributed by atoms with Gasteiger partial charge >= 0.3 is 5.97 Å². The number of aliphatic hydroxyl groups excluding tert-OH is 1. The Labute approximate surface area is 122 Å². The maximum Gasteiger partial charge on any atom is 0.337 e. The smallest absolute Gasteiger partial charge is 0.337 e. The molecule has 2 aromatic rings. The molecule has 1 N–H and O–H groups in total. The molecule has 0 radical (unpaired) electrons. The van der Waals surface area contributed by atoms with Crippen LogP contribution < -0.4 is 4.57 Å². The van der Waals surface area contributed by atoms with Gasteiger partial charge in [0.15, 0.2) is 12.4 Å². The lowest BCUT2D eigenvalue weighted by atomic mass is 10.2. The molecule has 1 aromatic heterocycles. The Morgan fingerprint density at radius 2 is 1.81 bits per heavy atom. The molecule has 2 rings (SSSR count). The van der Waals surface area contributed by atoms with E-state index >= 15 is 0 Å². The largest absolute Gasteiger partial charge is 0.481 e. The monoisotopic (exact) mass is 286 g/mol. The van der Waals surface area contributed by atoms with Gasteiger partial charge in [0.05, 0.1) is 26.4 Å². The number of esters is 1. The van der Waals surface area contributed by atoms with Crippen molar-refractivity contribution in [3.8, 4) is 0 Å². The number of methoxy groups -OCH3 is 2. The molecule has 0 aliphatic rings. The summed E-state index contributed by atoms with van der Waals surface area (Å²) >= 11 is 0. The second-order valence-electron chi connectivity index (χ2n) is 4.26. The van der Waals surface area contributed by atoms with E-state index in [0.29, 0.717) is 5.70 Å². The third-order valence-corrected chi connectivity index (χ3v) is 2.93. The summed E-state index contributed by atoms with van der Waals surface area (Å²) in [5, 5.41) is 11.6. The number of nitrogens with zero attached hydrogens (tertiary/aromatic N) is 1. The second-order valence-corrected chi connectivity index (χ2v) is 4.26. The van der Waals surface area contributed by atoms with Crippen molar-refractivity contribution in [3.05, 3.63) is 60.8 Å². The minimum absolute atomic E-state index is 0.300. The number of rotatable bonds is 4. The summed E-state index contributed by atoms with van der Waals surface area (Å²) in [5.74, 6) is -0.823. The Hall–Kier alpha value is -2.82. The highest BCUT2D eigenvalue weighted by Gasteiger charge is 2.13. The highest BCUT2D eigenvalue weighted by molar-refractivity contribution is 5.88. The van der Waals surface area contributed by atoms with Crippen LogP contribution in [0.3, 0.4) is 0 Å². The molecule has 1 heterocycles. The van der Waals surface area contributed by atoms with Crippen LogP contribution in [0.2, 0.25) is 0 Å². The number of aliphatic hydroxyl groups is 1. The van der Waals surface area contributed by atoms with Crippen molar-refractivity contribution in [1.82, 2.24) is 0 Å². The fourth-order valence-electron chi connectivity index (χ4n) is 1.85. The molecular weight excluding hydrogens is 270 g/mol. The van der Waals surface area contributed by atoms with E-state index in [2.05, 4.69) is 4.74 Å². The van der Waals surface area contributed by atoms with Crippen molar-refractivity contribution in [2.24, 2.45) is 0 Å². The lowest BCUT2D eigenvalue weighted by molar-refractivity contribution is -0.577. The predicted octanol–water partition coefficient (Wildman–Crippen LogP) is 2.19. The first-order valence-electron chi connectivity index (χ1n) is 6.29. The van der Waals surface area contributed by atoms with Crippen LogP contribution in [0.4, 0.5) is 0 Å². The van der Waals surface area contributed by atoms with Gasteiger partial charge in [-0.3, -0.25) is 0 Å². The number of allylic oxidation sites excluding steroid dienone is 2. The average Bonchev–Trinajstić information content (AvgIpc) is 2.53. The van der Waals surface area contributed by atoms with Crippen molar-refractivity contribution in [2.75, 3.05) is 14.2 Å². The van der Waals surface area contributed by atoms with Gasteiger partial charge in [0.2, 0.25) is 5.70 Å². The zero-order chi connectivity index (χ0) is 15.2. The molecule has 0 unspecified atom stereocenters. The number of fused-ring (bicyclic) bond motifs is 1. The molecule has 0 aliphatic heterocycles. The molecule has 0 amide bonds. The van der Waals surface area contributed by atoms with Gasteiger partial charge in [-0.25, -0.2) is 4.79 Å². The van der Waals surface area contributed by atoms with Crippen molar-refractivity contribution < 1.29 is 23.9 Å². The van der Waals surface area contributed by atoms with E-state index in [-0.39, 0.29) is 5.95 Å². The number of aromatic nitrogens is 1. The fourth-order valence-corrected chi connectivity index (χ4v) is 1.85. The molecule has 0 spiro atoms. The minimum atomic E-state index is -0.522. The van der Waals surface area contributed by atoms with Crippen LogP contribution in [0.15, 0.2) is 60.8 Å². The molecule has 21 heavy (non-hydrogen) atoms. The van der Waals surface area contributed by atoms with Crippen LogP contribution in [0.1, 0.15) is 0 Å². The molecule has 5 heteroatoms. The Kier molecular flexibility index (Phi) is 4.56. The Balaban J connectivity index is 2.52. The van der Waals surface area contributed by atoms with E-state index in [4.69, 9.17) is 4.74 Å². The Bertz CT molecular complexity index is 719. The number of ether oxygens (including phenoxy) is 2. The maximum atomic E-state index is 11.5. The summed E-state index contributed by atoms with van der Waals surface area (Å²) in [6, 6.07) is 9.75. The first-order valence-corrected chi connectivity index (χ1v) is 6.29. The number of pyridine rings is 1. The predicted molar refractivity (Wildman–Crippen MR) is 78.2 cm³/mol. The maximum absolute atomic E-state index is 11.5. The van der Waals surface area contributed by atoms with Crippen LogP contribution in [0.5, 0.6) is 0 Å². The summed E-state index contributed by atoms with van der Waals surface area (Å²) < 4.78 is 11.0. The molecule has 5 nitrogen and oxygen atoms in total. The summed E-state index contributed by atoms with van der Waals surface area (Å²) in [4.78, 5) is 11.5. The highest BCUT2D eigenvalue weighted by atomic mass is 16.6. The van der Waals surface area contributed by atoms with E-state index in [1.165, 1.54) is 26.4 Å². The molecule has 0 fully saturated rings. The Morgan fingerprint density at radius 3 is 2.48 bits per heavy atom. The SMILES string of the molecule is COC(=O)/C=C(\C=C(/O)OC)[n+]1ccc2ccccc2c1. The second kappa shape index (κ2) is 6.56. The van der Waals surface area contributed by atoms with E-state index in [1.54, 1.807) is 10.8 Å². The van der Waals surface area contributed by atoms with Crippen molar-refractivity contribution in [1.29, 1.82) is 0 Å². The van der Waals surface area contributed by atoms with Crippen molar-refractivity contribution >= 4 is 22.4 Å². The van der Waals surface area contributed by atoms with E-state index in [9.17, 15) is 9.90 Å². The van der Waals surface area contributed by atoms with E-state index < -0.39 is 5.97 Å². The number of benzene rings is 1. The highest BCUT2D eigenvalue weighted by Crippen LogP contribution is 2.11. The topological polar surface area (TPSA) is 59.6 Å². The number of carbonyl (C=O) groups excluding carboxylic acids is 1. The fraction of sp³-hybridized carbons (Fsp3) is 0.125. The number of carbonyl (C=O) groups is 1. The molecule has 0 bridgehead atoms. The lowest BCUT2D eigenvalue weighted by Gasteiger charge is -2.01. The van der Waals surface area contributed by atoms with Gasteiger partial charge in [-0.15, -0.1) is 0 Å². The molecule has 0 saturated carbocycles. The molecule has 108 valence electrons. The summed E-state index contributed by atoms with van der Waals surface area (Å²) in [6.45, 7) is 0. The van der Waals surface area contributed by atoms with E-state index in [1.807, 2.05) is 36.5 Å². The quantitative estimate of drug-likeness (QED) is 0.308. The molecule has 0 atom stereocenters. The lowest BCUT2D eigenvalue weighted by Crippen LogP contribution is -2.31. The zero-order valence-electron chi connectivity index (χ0n) is 11.8. The molecule has 1 aromatic carbocycles. The van der Waals surface area contributed by atoms with Crippen LogP contribution >= 0.6 is 0 Å². The minimum Gasteiger partial charge on any atom is -0.481 e. The van der Waals surface area contributed by atoms with Crippen molar-refractivity contribution in [2.45, 2.75) is 0 Å². The molecule has 0 aliphatic carbocycles. The Morgan fingerprint density at radius 1 is 1.10 bits per heavy atom. The third kappa shape index (κ3) is 3.60. The zero-order valence-corrected chi connectivity index (χ0v) is 11.8. The first kappa shape index (κ1) is 14.6. The molecular formula is C16H16NO4+. The average molecular weight is 286 g/mol. The van der Waals surface area contributed by atoms with E-state index in [0.717, 1.165) is 10.8 Å². The number of hydrogen-bond donors (Lipinski definition) is 1. The summed E-state index contributed by atoms with van der Waals surface area (Å²) in [7, 11) is 2.63. The van der Waals surface area contributed by atoms with Gasteiger partial charge < -0.3 is 14.6 Å². The standard InChI is InChI=1S/C16H15NO4/c1-20-15(18)9-14(10-16(19)21-2)17-8-7-12-5-3-4-6-13(12)11-17/h3-11H,1-2H3/p+1. The summed E-state index contributed by atoms with van der Waals surface area (Å²) in [5.41, 5.74) is 0.423. The summed E-state index contributed by atoms with van der Waals surface area (Å²) in [6.07, 6.45) is 6.25. The van der Waals surface area contributed by atoms with Gasteiger partial charge in [0.1, 0.15) is 0 Å². The van der Waals surface area contributed by atoms with Gasteiger partial charge in [-0.05, 0) is 11.5 Å². The van der Waals surface area contributed by atoms with Crippen LogP contribution in [-0.4, -0.2) is 25.3 Å². The van der Waals surface area contributed by atoms with Gasteiger partial charge in [-0.2, -0.15) is 4.57 Å². The third-order valence-electron chi connectivity index (χ3n) is 2.93. The number of hydrogen-bond acceptors (Lipinski definition) is 4. The van der Waals surface area contributed by atoms with Crippen molar-refractivity contribution in [3.63, 3.8) is 0 Å². The molecule has 0 saturated heterocycles. The van der Waals surface area contributed by atoms with Crippen LogP contribution in [-0.2, 0) is 14.3 Å². The van der Waals surface area contributed by atoms with Gasteiger partial charge in [0.25, 0.3) is 5.95 Å². The normalized spacial score (nSPS) is 12.3. The van der Waals surface area contributed by atoms with Crippen LogP contribution in [0, 0.1) is 0 Å².